The van der Waals surface area contributed by atoms with Gasteiger partial charge in [-0.05, 0) is 39.7 Å². The van der Waals surface area contributed by atoms with Gasteiger partial charge in [0.25, 0.3) is 0 Å². The molecule has 0 fully saturated rings. The molecule has 0 aliphatic rings. The number of benzene rings is 2. The van der Waals surface area contributed by atoms with Crippen LogP contribution in [0.2, 0.25) is 0 Å². The zero-order valence-electron chi connectivity index (χ0n) is 11.9. The molecule has 122 valence electrons. The SMILES string of the molecule is O=C(CSCc1cccc(C(F)(F)F)c1)Nc1ccccc1Br. The molecule has 2 rings (SSSR count). The Balaban J connectivity index is 1.85. The number of alkyl halides is 3. The number of carbonyl (C=O) groups is 1. The molecule has 0 bridgehead atoms. The summed E-state index contributed by atoms with van der Waals surface area (Å²) in [5.41, 5.74) is 0.531. The fraction of sp³-hybridized carbons (Fsp3) is 0.188. The Morgan fingerprint density at radius 3 is 2.57 bits per heavy atom. The maximum Gasteiger partial charge on any atom is 0.416 e. The van der Waals surface area contributed by atoms with Crippen molar-refractivity contribution in [1.82, 2.24) is 0 Å². The van der Waals surface area contributed by atoms with Gasteiger partial charge >= 0.3 is 6.18 Å². The normalized spacial score (nSPS) is 11.3. The van der Waals surface area contributed by atoms with Crippen molar-refractivity contribution in [2.45, 2.75) is 11.9 Å². The first kappa shape index (κ1) is 17.9. The van der Waals surface area contributed by atoms with Crippen molar-refractivity contribution < 1.29 is 18.0 Å². The average molecular weight is 404 g/mol. The standard InChI is InChI=1S/C16H13BrF3NOS/c17-13-6-1-2-7-14(13)21-15(22)10-23-9-11-4-3-5-12(8-11)16(18,19)20/h1-8H,9-10H2,(H,21,22). The number of amides is 1. The third-order valence-electron chi connectivity index (χ3n) is 2.90. The van der Waals surface area contributed by atoms with Crippen LogP contribution in [0.4, 0.5) is 18.9 Å². The van der Waals surface area contributed by atoms with Crippen molar-refractivity contribution >= 4 is 39.3 Å². The summed E-state index contributed by atoms with van der Waals surface area (Å²) in [6.45, 7) is 0. The first-order chi connectivity index (χ1) is 10.9. The van der Waals surface area contributed by atoms with Gasteiger partial charge in [-0.25, -0.2) is 0 Å². The predicted octanol–water partition coefficient (Wildman–Crippen LogP) is 5.34. The molecule has 23 heavy (non-hydrogen) atoms. The van der Waals surface area contributed by atoms with Crippen LogP contribution in [0.25, 0.3) is 0 Å². The summed E-state index contributed by atoms with van der Waals surface area (Å²) in [5, 5.41) is 2.75. The number of anilines is 1. The first-order valence-corrected chi connectivity index (χ1v) is 8.59. The van der Waals surface area contributed by atoms with Crippen LogP contribution in [-0.2, 0) is 16.7 Å². The third kappa shape index (κ3) is 5.58. The molecule has 0 saturated carbocycles. The van der Waals surface area contributed by atoms with Crippen LogP contribution in [0.3, 0.4) is 0 Å². The Kier molecular flexibility index (Phi) is 6.12. The number of rotatable bonds is 5. The van der Waals surface area contributed by atoms with Gasteiger partial charge in [0.1, 0.15) is 0 Å². The number of carbonyl (C=O) groups excluding carboxylic acids is 1. The van der Waals surface area contributed by atoms with E-state index in [1.807, 2.05) is 12.1 Å². The Labute approximate surface area is 144 Å². The molecule has 7 heteroatoms. The number of hydrogen-bond acceptors (Lipinski definition) is 2. The second-order valence-electron chi connectivity index (χ2n) is 4.72. The lowest BCUT2D eigenvalue weighted by atomic mass is 10.1. The van der Waals surface area contributed by atoms with E-state index in [0.29, 0.717) is 17.0 Å². The largest absolute Gasteiger partial charge is 0.416 e. The van der Waals surface area contributed by atoms with Gasteiger partial charge in [0.05, 0.1) is 17.0 Å². The van der Waals surface area contributed by atoms with Crippen molar-refractivity contribution in [2.24, 2.45) is 0 Å². The molecule has 0 aliphatic carbocycles. The van der Waals surface area contributed by atoms with Gasteiger partial charge in [-0.1, -0.05) is 30.3 Å². The second-order valence-corrected chi connectivity index (χ2v) is 6.56. The minimum absolute atomic E-state index is 0.164. The third-order valence-corrected chi connectivity index (χ3v) is 4.60. The minimum Gasteiger partial charge on any atom is -0.324 e. The summed E-state index contributed by atoms with van der Waals surface area (Å²) in [4.78, 5) is 11.8. The van der Waals surface area contributed by atoms with E-state index in [9.17, 15) is 18.0 Å². The van der Waals surface area contributed by atoms with Crippen molar-refractivity contribution in [3.63, 3.8) is 0 Å². The molecule has 1 N–H and O–H groups in total. The molecule has 0 aromatic heterocycles. The number of hydrogen-bond donors (Lipinski definition) is 1. The molecule has 0 saturated heterocycles. The quantitative estimate of drug-likeness (QED) is 0.729. The van der Waals surface area contributed by atoms with Crippen LogP contribution < -0.4 is 5.32 Å². The van der Waals surface area contributed by atoms with Crippen LogP contribution >= 0.6 is 27.7 Å². The fourth-order valence-corrected chi connectivity index (χ4v) is 3.01. The predicted molar refractivity (Wildman–Crippen MR) is 90.4 cm³/mol. The molecule has 0 heterocycles. The highest BCUT2D eigenvalue weighted by atomic mass is 79.9. The number of halogens is 4. The van der Waals surface area contributed by atoms with Gasteiger partial charge in [-0.3, -0.25) is 4.79 Å². The highest BCUT2D eigenvalue weighted by Gasteiger charge is 2.30. The van der Waals surface area contributed by atoms with Crippen molar-refractivity contribution in [3.05, 3.63) is 64.1 Å². The molecule has 2 aromatic carbocycles. The molecule has 0 aliphatic heterocycles. The molecule has 2 aromatic rings. The molecule has 1 amide bonds. The molecule has 2 nitrogen and oxygen atoms in total. The summed E-state index contributed by atoms with van der Waals surface area (Å²) in [6.07, 6.45) is -4.35. The van der Waals surface area contributed by atoms with Crippen molar-refractivity contribution in [3.8, 4) is 0 Å². The van der Waals surface area contributed by atoms with Crippen LogP contribution in [0.15, 0.2) is 53.0 Å². The van der Waals surface area contributed by atoms with Crippen LogP contribution in [0.1, 0.15) is 11.1 Å². The van der Waals surface area contributed by atoms with Gasteiger partial charge < -0.3 is 5.32 Å². The molecule has 0 spiro atoms. The van der Waals surface area contributed by atoms with E-state index >= 15 is 0 Å². The van der Waals surface area contributed by atoms with E-state index in [4.69, 9.17) is 0 Å². The van der Waals surface area contributed by atoms with Crippen molar-refractivity contribution in [2.75, 3.05) is 11.1 Å². The molecule has 0 unspecified atom stereocenters. The van der Waals surface area contributed by atoms with E-state index in [0.717, 1.165) is 16.6 Å². The molecular formula is C16H13BrF3NOS. The monoisotopic (exact) mass is 403 g/mol. The zero-order valence-corrected chi connectivity index (χ0v) is 14.3. The lowest BCUT2D eigenvalue weighted by Crippen LogP contribution is -2.14. The molecular weight excluding hydrogens is 391 g/mol. The maximum absolute atomic E-state index is 12.6. The Morgan fingerprint density at radius 1 is 1.13 bits per heavy atom. The maximum atomic E-state index is 12.6. The summed E-state index contributed by atoms with van der Waals surface area (Å²) < 4.78 is 38.6. The lowest BCUT2D eigenvalue weighted by Gasteiger charge is -2.09. The van der Waals surface area contributed by atoms with Gasteiger partial charge in [0.15, 0.2) is 0 Å². The Morgan fingerprint density at radius 2 is 1.87 bits per heavy atom. The van der Waals surface area contributed by atoms with E-state index < -0.39 is 11.7 Å². The first-order valence-electron chi connectivity index (χ1n) is 6.64. The summed E-state index contributed by atoms with van der Waals surface area (Å²) >= 11 is 4.59. The van der Waals surface area contributed by atoms with Gasteiger partial charge in [0, 0.05) is 10.2 Å². The van der Waals surface area contributed by atoms with Gasteiger partial charge in [-0.2, -0.15) is 13.2 Å². The van der Waals surface area contributed by atoms with E-state index in [2.05, 4.69) is 21.2 Å². The van der Waals surface area contributed by atoms with Crippen LogP contribution in [0.5, 0.6) is 0 Å². The Hall–Kier alpha value is -1.47. The second kappa shape index (κ2) is 7.88. The zero-order chi connectivity index (χ0) is 16.9. The van der Waals surface area contributed by atoms with E-state index in [1.54, 1.807) is 18.2 Å². The highest BCUT2D eigenvalue weighted by molar-refractivity contribution is 9.10. The van der Waals surface area contributed by atoms with E-state index in [-0.39, 0.29) is 11.7 Å². The van der Waals surface area contributed by atoms with Gasteiger partial charge in [0.2, 0.25) is 5.91 Å². The fourth-order valence-electron chi connectivity index (χ4n) is 1.85. The van der Waals surface area contributed by atoms with Crippen LogP contribution in [0, 0.1) is 0 Å². The van der Waals surface area contributed by atoms with E-state index in [1.165, 1.54) is 17.8 Å². The topological polar surface area (TPSA) is 29.1 Å². The number of thioether (sulfide) groups is 1. The summed E-state index contributed by atoms with van der Waals surface area (Å²) in [5.74, 6) is 0.305. The smallest absolute Gasteiger partial charge is 0.324 e. The highest BCUT2D eigenvalue weighted by Crippen LogP contribution is 2.30. The summed E-state index contributed by atoms with van der Waals surface area (Å²) in [7, 11) is 0. The Bertz CT molecular complexity index is 691. The molecule has 0 radical (unpaired) electrons. The number of nitrogens with one attached hydrogen (secondary N) is 1. The summed E-state index contributed by atoms with van der Waals surface area (Å²) in [6, 6.07) is 12.4. The average Bonchev–Trinajstić information content (AvgIpc) is 2.49. The number of para-hydroxylation sites is 1. The van der Waals surface area contributed by atoms with Crippen molar-refractivity contribution in [1.29, 1.82) is 0 Å². The lowest BCUT2D eigenvalue weighted by molar-refractivity contribution is -0.137. The molecule has 0 atom stereocenters. The minimum atomic E-state index is -4.35. The van der Waals surface area contributed by atoms with Crippen LogP contribution in [-0.4, -0.2) is 11.7 Å². The van der Waals surface area contributed by atoms with Gasteiger partial charge in [-0.15, -0.1) is 11.8 Å².